The number of pyridine rings is 1. The number of nitrogens with zero attached hydrogens (tertiary/aromatic N) is 3. The second kappa shape index (κ2) is 7.07. The van der Waals surface area contributed by atoms with Gasteiger partial charge in [-0.15, -0.1) is 0 Å². The summed E-state index contributed by atoms with van der Waals surface area (Å²) in [7, 11) is 1.54. The third kappa shape index (κ3) is 3.47. The molecule has 7 heteroatoms. The second-order valence-electron chi connectivity index (χ2n) is 7.14. The van der Waals surface area contributed by atoms with E-state index in [0.29, 0.717) is 23.7 Å². The monoisotopic (exact) mass is 380 g/mol. The number of carbonyl (C=O) groups is 1. The lowest BCUT2D eigenvalue weighted by Crippen LogP contribution is -2.32. The summed E-state index contributed by atoms with van der Waals surface area (Å²) in [6.45, 7) is 2.39. The summed E-state index contributed by atoms with van der Waals surface area (Å²) < 4.78 is 20.3. The van der Waals surface area contributed by atoms with Crippen LogP contribution in [0.25, 0.3) is 5.82 Å². The number of methoxy groups -OCH3 is 1. The number of benzene rings is 1. The Labute approximate surface area is 162 Å². The van der Waals surface area contributed by atoms with E-state index < -0.39 is 0 Å². The van der Waals surface area contributed by atoms with E-state index in [2.05, 4.69) is 15.3 Å². The molecule has 144 valence electrons. The number of ether oxygens (including phenoxy) is 1. The molecule has 0 aliphatic heterocycles. The average Bonchev–Trinajstić information content (AvgIpc) is 3.39. The van der Waals surface area contributed by atoms with Crippen molar-refractivity contribution in [3.05, 3.63) is 71.7 Å². The van der Waals surface area contributed by atoms with Crippen LogP contribution < -0.4 is 10.1 Å². The Kier molecular flexibility index (Phi) is 4.58. The van der Waals surface area contributed by atoms with Crippen molar-refractivity contribution < 1.29 is 13.9 Å². The summed E-state index contributed by atoms with van der Waals surface area (Å²) in [5, 5.41) is 2.98. The van der Waals surface area contributed by atoms with E-state index in [0.717, 1.165) is 24.1 Å². The van der Waals surface area contributed by atoms with E-state index in [4.69, 9.17) is 4.74 Å². The molecule has 1 amide bonds. The first-order chi connectivity index (χ1) is 13.5. The summed E-state index contributed by atoms with van der Waals surface area (Å²) in [6, 6.07) is 8.18. The zero-order valence-electron chi connectivity index (χ0n) is 15.8. The molecule has 0 unspecified atom stereocenters. The maximum Gasteiger partial charge on any atom is 0.253 e. The molecule has 1 saturated carbocycles. The summed E-state index contributed by atoms with van der Waals surface area (Å²) in [5.74, 6) is 0.594. The molecule has 1 N–H and O–H groups in total. The highest BCUT2D eigenvalue weighted by molar-refractivity contribution is 5.94. The van der Waals surface area contributed by atoms with Crippen molar-refractivity contribution in [3.63, 3.8) is 0 Å². The van der Waals surface area contributed by atoms with Gasteiger partial charge in [-0.2, -0.15) is 0 Å². The average molecular weight is 380 g/mol. The Morgan fingerprint density at radius 2 is 2.04 bits per heavy atom. The predicted octanol–water partition coefficient (Wildman–Crippen LogP) is 3.19. The fraction of sp³-hybridized carbons (Fsp3) is 0.286. The first kappa shape index (κ1) is 18.2. The van der Waals surface area contributed by atoms with Crippen LogP contribution in [0.5, 0.6) is 5.75 Å². The van der Waals surface area contributed by atoms with Crippen molar-refractivity contribution in [2.75, 3.05) is 13.7 Å². The highest BCUT2D eigenvalue weighted by Crippen LogP contribution is 2.47. The van der Waals surface area contributed by atoms with E-state index in [1.807, 2.05) is 13.1 Å². The van der Waals surface area contributed by atoms with Gasteiger partial charge in [0.1, 0.15) is 12.1 Å². The number of imidazole rings is 1. The van der Waals surface area contributed by atoms with Crippen LogP contribution in [0, 0.1) is 12.7 Å². The van der Waals surface area contributed by atoms with Crippen LogP contribution in [0.2, 0.25) is 0 Å². The highest BCUT2D eigenvalue weighted by Gasteiger charge is 2.44. The largest absolute Gasteiger partial charge is 0.493 e. The molecule has 3 aromatic rings. The second-order valence-corrected chi connectivity index (χ2v) is 7.14. The number of aromatic nitrogens is 3. The maximum atomic E-state index is 13.2. The van der Waals surface area contributed by atoms with Gasteiger partial charge in [-0.1, -0.05) is 12.1 Å². The molecule has 1 aliphatic rings. The number of carbonyl (C=O) groups excluding carboxylic acids is 1. The zero-order valence-corrected chi connectivity index (χ0v) is 15.8. The van der Waals surface area contributed by atoms with Crippen LogP contribution in [0.4, 0.5) is 4.39 Å². The number of hydrogen-bond donors (Lipinski definition) is 1. The molecule has 0 spiro atoms. The first-order valence-corrected chi connectivity index (χ1v) is 9.10. The van der Waals surface area contributed by atoms with E-state index in [1.165, 1.54) is 18.3 Å². The molecule has 4 rings (SSSR count). The molecule has 2 heterocycles. The Bertz CT molecular complexity index is 1010. The molecule has 0 atom stereocenters. The number of rotatable bonds is 6. The Morgan fingerprint density at radius 1 is 1.29 bits per heavy atom. The molecule has 6 nitrogen and oxygen atoms in total. The molecular weight excluding hydrogens is 359 g/mol. The van der Waals surface area contributed by atoms with Gasteiger partial charge in [-0.05, 0) is 43.5 Å². The van der Waals surface area contributed by atoms with Crippen molar-refractivity contribution >= 4 is 5.91 Å². The van der Waals surface area contributed by atoms with Gasteiger partial charge < -0.3 is 10.1 Å². The van der Waals surface area contributed by atoms with Gasteiger partial charge in [0.05, 0.1) is 18.4 Å². The van der Waals surface area contributed by atoms with Gasteiger partial charge in [0.15, 0.2) is 11.6 Å². The molecule has 28 heavy (non-hydrogen) atoms. The van der Waals surface area contributed by atoms with E-state index in [1.54, 1.807) is 36.2 Å². The number of amides is 1. The third-order valence-corrected chi connectivity index (χ3v) is 5.17. The van der Waals surface area contributed by atoms with E-state index >= 15 is 0 Å². The van der Waals surface area contributed by atoms with Crippen LogP contribution in [0.1, 0.15) is 34.5 Å². The Balaban J connectivity index is 1.48. The predicted molar refractivity (Wildman–Crippen MR) is 102 cm³/mol. The van der Waals surface area contributed by atoms with Crippen molar-refractivity contribution in [2.45, 2.75) is 25.2 Å². The van der Waals surface area contributed by atoms with Crippen LogP contribution >= 0.6 is 0 Å². The Hall–Kier alpha value is -3.22. The molecule has 0 radical (unpaired) electrons. The minimum atomic E-state index is -0.255. The van der Waals surface area contributed by atoms with Gasteiger partial charge in [0.2, 0.25) is 0 Å². The third-order valence-electron chi connectivity index (χ3n) is 5.17. The number of halogens is 1. The topological polar surface area (TPSA) is 69.0 Å². The van der Waals surface area contributed by atoms with Crippen molar-refractivity contribution in [1.82, 2.24) is 19.9 Å². The lowest BCUT2D eigenvalue weighted by atomic mass is 9.96. The molecule has 2 aromatic heterocycles. The summed E-state index contributed by atoms with van der Waals surface area (Å²) in [6.07, 6.45) is 6.96. The van der Waals surface area contributed by atoms with Crippen LogP contribution in [-0.2, 0) is 5.41 Å². The van der Waals surface area contributed by atoms with E-state index in [9.17, 15) is 9.18 Å². The normalized spacial score (nSPS) is 14.5. The lowest BCUT2D eigenvalue weighted by molar-refractivity contribution is 0.0949. The van der Waals surface area contributed by atoms with Gasteiger partial charge >= 0.3 is 0 Å². The van der Waals surface area contributed by atoms with Gasteiger partial charge in [0, 0.05) is 24.4 Å². The lowest BCUT2D eigenvalue weighted by Gasteiger charge is -2.17. The van der Waals surface area contributed by atoms with E-state index in [-0.39, 0.29) is 17.1 Å². The van der Waals surface area contributed by atoms with Crippen molar-refractivity contribution in [2.24, 2.45) is 0 Å². The standard InChI is InChI=1S/C21H21FN4O2/c1-14-11-26(13-25-14)19-18(28-2)9-15(10-23-19)20(27)24-12-21(7-8-21)16-3-5-17(22)6-4-16/h3-6,9-11,13H,7-8,12H2,1-2H3,(H,24,27). The van der Waals surface area contributed by atoms with Crippen molar-refractivity contribution in [3.8, 4) is 11.6 Å². The number of aryl methyl sites for hydroxylation is 1. The molecular formula is C21H21FN4O2. The molecule has 1 aromatic carbocycles. The Morgan fingerprint density at radius 3 is 2.64 bits per heavy atom. The first-order valence-electron chi connectivity index (χ1n) is 9.10. The molecule has 1 aliphatic carbocycles. The van der Waals surface area contributed by atoms with Crippen LogP contribution in [-0.4, -0.2) is 34.1 Å². The number of nitrogens with one attached hydrogen (secondary N) is 1. The van der Waals surface area contributed by atoms with Gasteiger partial charge in [-0.3, -0.25) is 9.36 Å². The van der Waals surface area contributed by atoms with Crippen LogP contribution in [0.15, 0.2) is 49.1 Å². The quantitative estimate of drug-likeness (QED) is 0.713. The minimum Gasteiger partial charge on any atom is -0.493 e. The van der Waals surface area contributed by atoms with Crippen molar-refractivity contribution in [1.29, 1.82) is 0 Å². The fourth-order valence-electron chi connectivity index (χ4n) is 3.32. The molecule has 0 saturated heterocycles. The summed E-state index contributed by atoms with van der Waals surface area (Å²) in [4.78, 5) is 21.2. The van der Waals surface area contributed by atoms with Crippen LogP contribution in [0.3, 0.4) is 0 Å². The zero-order chi connectivity index (χ0) is 19.7. The number of hydrogen-bond acceptors (Lipinski definition) is 4. The van der Waals surface area contributed by atoms with Gasteiger partial charge in [0.25, 0.3) is 5.91 Å². The highest BCUT2D eigenvalue weighted by atomic mass is 19.1. The van der Waals surface area contributed by atoms with Gasteiger partial charge in [-0.25, -0.2) is 14.4 Å². The minimum absolute atomic E-state index is 0.102. The summed E-state index contributed by atoms with van der Waals surface area (Å²) in [5.41, 5.74) is 2.24. The fourth-order valence-corrected chi connectivity index (χ4v) is 3.32. The molecule has 1 fully saturated rings. The smallest absolute Gasteiger partial charge is 0.253 e. The molecule has 0 bridgehead atoms. The maximum absolute atomic E-state index is 13.2. The SMILES string of the molecule is COc1cc(C(=O)NCC2(c3ccc(F)cc3)CC2)cnc1-n1cnc(C)c1. The summed E-state index contributed by atoms with van der Waals surface area (Å²) >= 11 is 0.